The third-order valence-corrected chi connectivity index (χ3v) is 2.33. The minimum atomic E-state index is -1.43. The van der Waals surface area contributed by atoms with Crippen molar-refractivity contribution in [1.29, 1.82) is 0 Å². The van der Waals surface area contributed by atoms with E-state index in [1.165, 1.54) is 7.11 Å². The summed E-state index contributed by atoms with van der Waals surface area (Å²) in [6.45, 7) is 1.72. The molecule has 0 saturated heterocycles. The number of hydrogen-bond donors (Lipinski definition) is 3. The summed E-state index contributed by atoms with van der Waals surface area (Å²) in [4.78, 5) is 45.8. The molecular formula is C11H19N3O6. The van der Waals surface area contributed by atoms with Crippen LogP contribution < -0.4 is 11.1 Å². The number of aliphatic carboxylic acids is 1. The highest BCUT2D eigenvalue weighted by Crippen LogP contribution is 1.98. The maximum absolute atomic E-state index is 11.9. The summed E-state index contributed by atoms with van der Waals surface area (Å²) >= 11 is 0. The summed E-state index contributed by atoms with van der Waals surface area (Å²) in [5, 5.41) is 11.0. The third kappa shape index (κ3) is 6.57. The Kier molecular flexibility index (Phi) is 7.71. The number of nitrogens with one attached hydrogen (secondary N) is 1. The number of primary amides is 1. The van der Waals surface area contributed by atoms with Crippen LogP contribution in [-0.2, 0) is 19.1 Å². The number of hydrogen-bond acceptors (Lipinski definition) is 5. The van der Waals surface area contributed by atoms with E-state index in [0.29, 0.717) is 6.42 Å². The number of urea groups is 1. The number of carbonyl (C=O) groups excluding carboxylic acids is 3. The van der Waals surface area contributed by atoms with Gasteiger partial charge in [0.2, 0.25) is 5.91 Å². The van der Waals surface area contributed by atoms with Crippen LogP contribution >= 0.6 is 0 Å². The summed E-state index contributed by atoms with van der Waals surface area (Å²) in [6.07, 6.45) is 0.0389. The molecule has 1 atom stereocenters. The Morgan fingerprint density at radius 1 is 1.35 bits per heavy atom. The zero-order valence-electron chi connectivity index (χ0n) is 11.4. The molecule has 9 heteroatoms. The van der Waals surface area contributed by atoms with Crippen molar-refractivity contribution in [2.45, 2.75) is 25.8 Å². The van der Waals surface area contributed by atoms with Gasteiger partial charge < -0.3 is 25.8 Å². The first-order chi connectivity index (χ1) is 9.31. The summed E-state index contributed by atoms with van der Waals surface area (Å²) in [5.74, 6) is -2.87. The van der Waals surface area contributed by atoms with E-state index in [1.54, 1.807) is 6.92 Å². The molecule has 0 bridgehead atoms. The number of nitrogens with zero attached hydrogens (tertiary/aromatic N) is 1. The number of carbonyl (C=O) groups is 4. The number of esters is 1. The number of amides is 3. The zero-order chi connectivity index (χ0) is 15.7. The van der Waals surface area contributed by atoms with Crippen LogP contribution in [0.4, 0.5) is 4.79 Å². The Morgan fingerprint density at radius 3 is 2.35 bits per heavy atom. The van der Waals surface area contributed by atoms with Crippen LogP contribution in [0.15, 0.2) is 0 Å². The van der Waals surface area contributed by atoms with Crippen molar-refractivity contribution in [1.82, 2.24) is 10.2 Å². The van der Waals surface area contributed by atoms with Crippen LogP contribution in [0.5, 0.6) is 0 Å². The summed E-state index contributed by atoms with van der Waals surface area (Å²) in [7, 11) is 1.18. The van der Waals surface area contributed by atoms with Crippen LogP contribution in [0, 0.1) is 0 Å². The van der Waals surface area contributed by atoms with Gasteiger partial charge >= 0.3 is 18.0 Å². The Hall–Kier alpha value is -2.32. The van der Waals surface area contributed by atoms with E-state index in [4.69, 9.17) is 10.8 Å². The molecule has 0 aliphatic rings. The normalized spacial score (nSPS) is 11.3. The van der Waals surface area contributed by atoms with Gasteiger partial charge in [0, 0.05) is 6.54 Å². The third-order valence-electron chi connectivity index (χ3n) is 2.33. The molecule has 114 valence electrons. The fourth-order valence-corrected chi connectivity index (χ4v) is 1.38. The van der Waals surface area contributed by atoms with Gasteiger partial charge in [0.1, 0.15) is 12.6 Å². The highest BCUT2D eigenvalue weighted by molar-refractivity contribution is 5.88. The Labute approximate surface area is 116 Å². The average molecular weight is 289 g/mol. The first kappa shape index (κ1) is 17.7. The molecule has 20 heavy (non-hydrogen) atoms. The van der Waals surface area contributed by atoms with Gasteiger partial charge in [0.05, 0.1) is 13.5 Å². The lowest BCUT2D eigenvalue weighted by Crippen LogP contribution is -2.50. The minimum Gasteiger partial charge on any atom is -0.480 e. The predicted molar refractivity (Wildman–Crippen MR) is 67.6 cm³/mol. The van der Waals surface area contributed by atoms with Crippen molar-refractivity contribution in [2.24, 2.45) is 5.73 Å². The molecule has 9 nitrogen and oxygen atoms in total. The molecule has 0 aromatic rings. The van der Waals surface area contributed by atoms with Gasteiger partial charge in [0.15, 0.2) is 0 Å². The molecule has 0 saturated carbocycles. The molecule has 0 aromatic carbocycles. The lowest BCUT2D eigenvalue weighted by Gasteiger charge is -2.23. The number of rotatable bonds is 8. The Bertz CT molecular complexity index is 384. The fraction of sp³-hybridized carbons (Fsp3) is 0.636. The van der Waals surface area contributed by atoms with Crippen LogP contribution in [0.2, 0.25) is 0 Å². The fourth-order valence-electron chi connectivity index (χ4n) is 1.38. The summed E-state index contributed by atoms with van der Waals surface area (Å²) in [6, 6.07) is -2.21. The highest BCUT2D eigenvalue weighted by Gasteiger charge is 2.25. The van der Waals surface area contributed by atoms with Crippen LogP contribution in [-0.4, -0.2) is 60.1 Å². The maximum atomic E-state index is 11.9. The molecule has 0 spiro atoms. The van der Waals surface area contributed by atoms with Crippen LogP contribution in [0.25, 0.3) is 0 Å². The molecule has 0 unspecified atom stereocenters. The zero-order valence-corrected chi connectivity index (χ0v) is 11.4. The average Bonchev–Trinajstić information content (AvgIpc) is 2.36. The van der Waals surface area contributed by atoms with E-state index in [1.807, 2.05) is 0 Å². The summed E-state index contributed by atoms with van der Waals surface area (Å²) < 4.78 is 4.44. The van der Waals surface area contributed by atoms with Crippen molar-refractivity contribution in [3.8, 4) is 0 Å². The number of carboxylic acids is 1. The smallest absolute Gasteiger partial charge is 0.326 e. The molecule has 0 aliphatic heterocycles. The minimum absolute atomic E-state index is 0.240. The SMILES string of the molecule is CCCN(CC(=O)OC)C(=O)N[C@H](CC(N)=O)C(=O)O. The molecule has 4 N–H and O–H groups in total. The standard InChI is InChI=1S/C11H19N3O6/c1-3-4-14(6-9(16)20-2)11(19)13-7(10(17)18)5-8(12)15/h7H,3-6H2,1-2H3,(H2,12,15)(H,13,19)(H,17,18)/t7-/m1/s1. The van der Waals surface area contributed by atoms with Crippen LogP contribution in [0.3, 0.4) is 0 Å². The maximum Gasteiger partial charge on any atom is 0.326 e. The first-order valence-corrected chi connectivity index (χ1v) is 5.95. The van der Waals surface area contributed by atoms with Gasteiger partial charge in [-0.05, 0) is 6.42 Å². The van der Waals surface area contributed by atoms with Gasteiger partial charge in [-0.15, -0.1) is 0 Å². The predicted octanol–water partition coefficient (Wildman–Crippen LogP) is -1.09. The molecule has 3 amide bonds. The van der Waals surface area contributed by atoms with Crippen molar-refractivity contribution in [3.05, 3.63) is 0 Å². The Morgan fingerprint density at radius 2 is 1.95 bits per heavy atom. The van der Waals surface area contributed by atoms with E-state index >= 15 is 0 Å². The second kappa shape index (κ2) is 8.73. The lowest BCUT2D eigenvalue weighted by atomic mass is 10.2. The van der Waals surface area contributed by atoms with Gasteiger partial charge in [-0.25, -0.2) is 9.59 Å². The van der Waals surface area contributed by atoms with Crippen LogP contribution in [0.1, 0.15) is 19.8 Å². The van der Waals surface area contributed by atoms with Crippen molar-refractivity contribution in [2.75, 3.05) is 20.2 Å². The van der Waals surface area contributed by atoms with Gasteiger partial charge in [-0.1, -0.05) is 6.92 Å². The number of ether oxygens (including phenoxy) is 1. The van der Waals surface area contributed by atoms with E-state index in [0.717, 1.165) is 4.90 Å². The second-order valence-electron chi connectivity index (χ2n) is 4.01. The van der Waals surface area contributed by atoms with Gasteiger partial charge in [-0.2, -0.15) is 0 Å². The molecule has 0 aromatic heterocycles. The molecule has 0 radical (unpaired) electrons. The van der Waals surface area contributed by atoms with Gasteiger partial charge in [-0.3, -0.25) is 9.59 Å². The monoisotopic (exact) mass is 289 g/mol. The van der Waals surface area contributed by atoms with E-state index in [-0.39, 0.29) is 13.1 Å². The molecular weight excluding hydrogens is 270 g/mol. The Balaban J connectivity index is 4.74. The number of methoxy groups -OCH3 is 1. The lowest BCUT2D eigenvalue weighted by molar-refractivity contribution is -0.141. The highest BCUT2D eigenvalue weighted by atomic mass is 16.5. The van der Waals surface area contributed by atoms with Crippen molar-refractivity contribution >= 4 is 23.9 Å². The van der Waals surface area contributed by atoms with E-state index < -0.39 is 36.3 Å². The molecule has 0 heterocycles. The first-order valence-electron chi connectivity index (χ1n) is 5.95. The molecule has 0 aliphatic carbocycles. The molecule has 0 rings (SSSR count). The van der Waals surface area contributed by atoms with Gasteiger partial charge in [0.25, 0.3) is 0 Å². The topological polar surface area (TPSA) is 139 Å². The summed E-state index contributed by atoms with van der Waals surface area (Å²) in [5.41, 5.74) is 4.90. The largest absolute Gasteiger partial charge is 0.480 e. The van der Waals surface area contributed by atoms with Crippen molar-refractivity contribution in [3.63, 3.8) is 0 Å². The van der Waals surface area contributed by atoms with Crippen molar-refractivity contribution < 1.29 is 29.0 Å². The number of nitrogens with two attached hydrogens (primary N) is 1. The van der Waals surface area contributed by atoms with E-state index in [2.05, 4.69) is 10.1 Å². The number of carboxylic acid groups (broad SMARTS) is 1. The second-order valence-corrected chi connectivity index (χ2v) is 4.01. The molecule has 0 fully saturated rings. The quantitative estimate of drug-likeness (QED) is 0.485. The van der Waals surface area contributed by atoms with E-state index in [9.17, 15) is 19.2 Å².